The molecule has 1 heterocycles. The Morgan fingerprint density at radius 1 is 1.50 bits per heavy atom. The maximum absolute atomic E-state index is 6.18. The van der Waals surface area contributed by atoms with Crippen LogP contribution in [0.15, 0.2) is 0 Å². The van der Waals surface area contributed by atoms with Crippen LogP contribution in [-0.4, -0.2) is 18.8 Å². The van der Waals surface area contributed by atoms with E-state index in [4.69, 9.17) is 10.5 Å². The highest BCUT2D eigenvalue weighted by atomic mass is 16.6. The first-order valence-electron chi connectivity index (χ1n) is 5.16. The van der Waals surface area contributed by atoms with Crippen LogP contribution < -0.4 is 5.73 Å². The third-order valence-corrected chi connectivity index (χ3v) is 4.16. The number of rotatable bonds is 2. The molecule has 2 aliphatic carbocycles. The highest BCUT2D eigenvalue weighted by molar-refractivity contribution is 5.05. The summed E-state index contributed by atoms with van der Waals surface area (Å²) in [6.45, 7) is 0.999. The van der Waals surface area contributed by atoms with Crippen molar-refractivity contribution in [3.05, 3.63) is 0 Å². The van der Waals surface area contributed by atoms with Gasteiger partial charge in [-0.25, -0.2) is 0 Å². The van der Waals surface area contributed by atoms with Crippen molar-refractivity contribution in [2.24, 2.45) is 17.1 Å². The lowest BCUT2D eigenvalue weighted by atomic mass is 9.77. The lowest BCUT2D eigenvalue weighted by Gasteiger charge is -2.32. The van der Waals surface area contributed by atoms with Crippen LogP contribution in [0.1, 0.15) is 32.1 Å². The van der Waals surface area contributed by atoms with Gasteiger partial charge in [-0.3, -0.25) is 0 Å². The van der Waals surface area contributed by atoms with E-state index in [2.05, 4.69) is 0 Å². The van der Waals surface area contributed by atoms with Gasteiger partial charge >= 0.3 is 0 Å². The van der Waals surface area contributed by atoms with E-state index in [0.717, 1.165) is 12.5 Å². The van der Waals surface area contributed by atoms with E-state index in [1.807, 2.05) is 0 Å². The van der Waals surface area contributed by atoms with E-state index in [0.29, 0.717) is 17.6 Å². The predicted molar refractivity (Wildman–Crippen MR) is 46.7 cm³/mol. The molecule has 1 aliphatic heterocycles. The van der Waals surface area contributed by atoms with E-state index in [1.165, 1.54) is 32.1 Å². The van der Waals surface area contributed by atoms with E-state index in [9.17, 15) is 0 Å². The zero-order chi connectivity index (χ0) is 8.18. The first-order valence-corrected chi connectivity index (χ1v) is 5.16. The molecule has 0 amide bonds. The third-order valence-electron chi connectivity index (χ3n) is 4.16. The zero-order valence-electron chi connectivity index (χ0n) is 7.46. The van der Waals surface area contributed by atoms with Gasteiger partial charge in [0.25, 0.3) is 0 Å². The van der Waals surface area contributed by atoms with Crippen LogP contribution in [0.5, 0.6) is 0 Å². The molecule has 4 unspecified atom stereocenters. The fourth-order valence-electron chi connectivity index (χ4n) is 3.39. The van der Waals surface area contributed by atoms with Gasteiger partial charge in [-0.05, 0) is 43.4 Å². The van der Waals surface area contributed by atoms with Crippen LogP contribution >= 0.6 is 0 Å². The van der Waals surface area contributed by atoms with Crippen LogP contribution in [0.3, 0.4) is 0 Å². The van der Waals surface area contributed by atoms with Gasteiger partial charge in [0, 0.05) is 6.04 Å². The second kappa shape index (κ2) is 2.24. The number of epoxide rings is 1. The fraction of sp³-hybridized carbons (Fsp3) is 1.00. The van der Waals surface area contributed by atoms with Crippen molar-refractivity contribution in [1.29, 1.82) is 0 Å². The lowest BCUT2D eigenvalue weighted by Crippen LogP contribution is -2.38. The zero-order valence-corrected chi connectivity index (χ0v) is 7.46. The molecule has 3 aliphatic rings. The molecule has 2 bridgehead atoms. The third kappa shape index (κ3) is 0.944. The summed E-state index contributed by atoms with van der Waals surface area (Å²) in [5.74, 6) is 0.957. The van der Waals surface area contributed by atoms with Crippen molar-refractivity contribution in [3.8, 4) is 0 Å². The van der Waals surface area contributed by atoms with E-state index in [-0.39, 0.29) is 0 Å². The Balaban J connectivity index is 1.77. The lowest BCUT2D eigenvalue weighted by molar-refractivity contribution is 0.203. The first kappa shape index (κ1) is 7.34. The summed E-state index contributed by atoms with van der Waals surface area (Å²) < 4.78 is 5.31. The standard InChI is InChI=1S/C10H17NO/c11-9-3-7-1-2-10(9,4-7)5-8-6-12-8/h7-9H,1-6,11H2. The van der Waals surface area contributed by atoms with Crippen LogP contribution in [0.4, 0.5) is 0 Å². The van der Waals surface area contributed by atoms with E-state index >= 15 is 0 Å². The summed E-state index contributed by atoms with van der Waals surface area (Å²) >= 11 is 0. The summed E-state index contributed by atoms with van der Waals surface area (Å²) in [6, 6.07) is 0.487. The van der Waals surface area contributed by atoms with Crippen LogP contribution in [-0.2, 0) is 4.74 Å². The Labute approximate surface area is 73.5 Å². The quantitative estimate of drug-likeness (QED) is 0.629. The molecule has 0 radical (unpaired) electrons. The summed E-state index contributed by atoms with van der Waals surface area (Å²) in [6.07, 6.45) is 7.32. The Morgan fingerprint density at radius 3 is 2.83 bits per heavy atom. The Kier molecular flexibility index (Phi) is 1.37. The SMILES string of the molecule is NC1CC2CCC1(CC1CO1)C2. The smallest absolute Gasteiger partial charge is 0.0815 e. The Morgan fingerprint density at radius 2 is 2.33 bits per heavy atom. The molecule has 1 saturated heterocycles. The topological polar surface area (TPSA) is 38.5 Å². The Bertz CT molecular complexity index is 202. The minimum atomic E-state index is 0.487. The van der Waals surface area contributed by atoms with Gasteiger partial charge in [-0.2, -0.15) is 0 Å². The van der Waals surface area contributed by atoms with Gasteiger partial charge < -0.3 is 10.5 Å². The molecule has 3 rings (SSSR count). The molecule has 3 fully saturated rings. The number of hydrogen-bond donors (Lipinski definition) is 1. The summed E-state index contributed by atoms with van der Waals surface area (Å²) in [7, 11) is 0. The number of fused-ring (bicyclic) bond motifs is 2. The predicted octanol–water partition coefficient (Wildman–Crippen LogP) is 1.29. The molecular weight excluding hydrogens is 150 g/mol. The molecule has 0 aromatic rings. The van der Waals surface area contributed by atoms with Crippen LogP contribution in [0.25, 0.3) is 0 Å². The average molecular weight is 167 g/mol. The maximum Gasteiger partial charge on any atom is 0.0815 e. The monoisotopic (exact) mass is 167 g/mol. The fourth-order valence-corrected chi connectivity index (χ4v) is 3.39. The van der Waals surface area contributed by atoms with Crippen LogP contribution in [0, 0.1) is 11.3 Å². The van der Waals surface area contributed by atoms with Crippen molar-refractivity contribution in [3.63, 3.8) is 0 Å². The van der Waals surface area contributed by atoms with Crippen molar-refractivity contribution in [2.75, 3.05) is 6.61 Å². The highest BCUT2D eigenvalue weighted by Gasteiger charge is 2.52. The van der Waals surface area contributed by atoms with E-state index in [1.54, 1.807) is 0 Å². The number of hydrogen-bond acceptors (Lipinski definition) is 2. The minimum absolute atomic E-state index is 0.487. The van der Waals surface area contributed by atoms with Gasteiger partial charge in [-0.15, -0.1) is 0 Å². The van der Waals surface area contributed by atoms with Gasteiger partial charge in [0.15, 0.2) is 0 Å². The summed E-state index contributed by atoms with van der Waals surface area (Å²) in [4.78, 5) is 0. The van der Waals surface area contributed by atoms with Crippen molar-refractivity contribution in [2.45, 2.75) is 44.2 Å². The number of nitrogens with two attached hydrogens (primary N) is 1. The highest BCUT2D eigenvalue weighted by Crippen LogP contribution is 2.56. The molecule has 2 heteroatoms. The molecule has 2 N–H and O–H groups in total. The maximum atomic E-state index is 6.18. The minimum Gasteiger partial charge on any atom is -0.373 e. The largest absolute Gasteiger partial charge is 0.373 e. The molecule has 4 atom stereocenters. The summed E-state index contributed by atoms with van der Waals surface area (Å²) in [5.41, 5.74) is 6.68. The molecular formula is C10H17NO. The molecule has 0 spiro atoms. The second-order valence-electron chi connectivity index (χ2n) is 4.97. The normalized spacial score (nSPS) is 56.2. The Hall–Kier alpha value is -0.0800. The average Bonchev–Trinajstić information content (AvgIpc) is 2.65. The summed E-state index contributed by atoms with van der Waals surface area (Å²) in [5, 5.41) is 0. The van der Waals surface area contributed by atoms with Crippen LogP contribution in [0.2, 0.25) is 0 Å². The molecule has 2 nitrogen and oxygen atoms in total. The molecule has 12 heavy (non-hydrogen) atoms. The molecule has 68 valence electrons. The molecule has 2 saturated carbocycles. The van der Waals surface area contributed by atoms with Gasteiger partial charge in [-0.1, -0.05) is 0 Å². The van der Waals surface area contributed by atoms with Gasteiger partial charge in [0.05, 0.1) is 12.7 Å². The van der Waals surface area contributed by atoms with Crippen molar-refractivity contribution in [1.82, 2.24) is 0 Å². The molecule has 0 aromatic carbocycles. The van der Waals surface area contributed by atoms with Gasteiger partial charge in [0.2, 0.25) is 0 Å². The van der Waals surface area contributed by atoms with Crippen molar-refractivity contribution >= 4 is 0 Å². The van der Waals surface area contributed by atoms with Gasteiger partial charge in [0.1, 0.15) is 0 Å². The first-order chi connectivity index (χ1) is 5.78. The second-order valence-corrected chi connectivity index (χ2v) is 4.97. The van der Waals surface area contributed by atoms with Crippen molar-refractivity contribution < 1.29 is 4.74 Å². The number of ether oxygens (including phenoxy) is 1. The molecule has 0 aromatic heterocycles. The van der Waals surface area contributed by atoms with E-state index < -0.39 is 0 Å².